The normalized spacial score (nSPS) is 9.80. The van der Waals surface area contributed by atoms with Crippen molar-refractivity contribution in [1.82, 2.24) is 0 Å². The highest BCUT2D eigenvalue weighted by atomic mass is 79.9. The van der Waals surface area contributed by atoms with E-state index in [0.717, 1.165) is 4.90 Å². The fourth-order valence-electron chi connectivity index (χ4n) is 1.17. The number of benzene rings is 1. The van der Waals surface area contributed by atoms with E-state index in [1.54, 1.807) is 24.3 Å². The highest BCUT2D eigenvalue weighted by molar-refractivity contribution is 9.09. The summed E-state index contributed by atoms with van der Waals surface area (Å²) in [6.45, 7) is 1.32. The number of rotatable bonds is 2. The third-order valence-electron chi connectivity index (χ3n) is 1.77. The van der Waals surface area contributed by atoms with Crippen molar-refractivity contribution in [2.24, 2.45) is 0 Å². The third kappa shape index (κ3) is 2.79. The van der Waals surface area contributed by atoms with Crippen LogP contribution in [0.25, 0.3) is 0 Å². The fourth-order valence-corrected chi connectivity index (χ4v) is 1.64. The molecule has 0 bridgehead atoms. The van der Waals surface area contributed by atoms with Crippen LogP contribution < -0.4 is 4.90 Å². The molecule has 0 heterocycles. The Labute approximate surface area is 101 Å². The molecule has 0 radical (unpaired) electrons. The van der Waals surface area contributed by atoms with E-state index in [4.69, 9.17) is 11.6 Å². The maximum absolute atomic E-state index is 11.5. The molecule has 0 atom stereocenters. The maximum atomic E-state index is 11.5. The van der Waals surface area contributed by atoms with Crippen molar-refractivity contribution in [3.8, 4) is 0 Å². The summed E-state index contributed by atoms with van der Waals surface area (Å²) in [5.74, 6) is -0.692. The van der Waals surface area contributed by atoms with Crippen LogP contribution in [0, 0.1) is 0 Å². The summed E-state index contributed by atoms with van der Waals surface area (Å²) in [4.78, 5) is 23.9. The van der Waals surface area contributed by atoms with Gasteiger partial charge in [0.15, 0.2) is 0 Å². The summed E-state index contributed by atoms with van der Waals surface area (Å²) in [6.07, 6.45) is 0. The summed E-state index contributed by atoms with van der Waals surface area (Å²) < 4.78 is 0. The van der Waals surface area contributed by atoms with Crippen molar-refractivity contribution >= 4 is 45.0 Å². The van der Waals surface area contributed by atoms with Crippen molar-refractivity contribution in [2.45, 2.75) is 6.92 Å². The number of imide groups is 1. The first kappa shape index (κ1) is 12.2. The molecular formula is C10H9BrClNO2. The second-order valence-corrected chi connectivity index (χ2v) is 3.80. The van der Waals surface area contributed by atoms with Gasteiger partial charge in [-0.1, -0.05) is 39.7 Å². The first-order valence-corrected chi connectivity index (χ1v) is 5.72. The number of hydrogen-bond acceptors (Lipinski definition) is 2. The average Bonchev–Trinajstić information content (AvgIpc) is 2.20. The van der Waals surface area contributed by atoms with Crippen molar-refractivity contribution in [1.29, 1.82) is 0 Å². The van der Waals surface area contributed by atoms with Gasteiger partial charge in [-0.25, -0.2) is 4.90 Å². The zero-order chi connectivity index (χ0) is 11.4. The minimum absolute atomic E-state index is 0.0812. The molecule has 2 amide bonds. The lowest BCUT2D eigenvalue weighted by Crippen LogP contribution is -2.36. The molecule has 3 nitrogen and oxygen atoms in total. The monoisotopic (exact) mass is 289 g/mol. The van der Waals surface area contributed by atoms with Crippen molar-refractivity contribution in [3.05, 3.63) is 29.3 Å². The molecule has 0 spiro atoms. The van der Waals surface area contributed by atoms with E-state index in [1.807, 2.05) is 0 Å². The second-order valence-electron chi connectivity index (χ2n) is 2.83. The number of halogens is 2. The van der Waals surface area contributed by atoms with E-state index in [1.165, 1.54) is 6.92 Å². The molecule has 0 N–H and O–H groups in total. The van der Waals surface area contributed by atoms with Crippen LogP contribution in [0.3, 0.4) is 0 Å². The molecule has 0 aliphatic heterocycles. The minimum Gasteiger partial charge on any atom is -0.274 e. The Morgan fingerprint density at radius 2 is 2.00 bits per heavy atom. The second kappa shape index (κ2) is 5.28. The third-order valence-corrected chi connectivity index (χ3v) is 2.57. The summed E-state index contributed by atoms with van der Waals surface area (Å²) in [5, 5.41) is 0.458. The number of hydrogen-bond donors (Lipinski definition) is 0. The molecule has 1 rings (SSSR count). The largest absolute Gasteiger partial charge is 0.274 e. The average molecular weight is 291 g/mol. The lowest BCUT2D eigenvalue weighted by Gasteiger charge is -2.19. The molecule has 1 aromatic carbocycles. The molecule has 80 valence electrons. The Morgan fingerprint density at radius 3 is 2.47 bits per heavy atom. The Kier molecular flexibility index (Phi) is 4.29. The molecule has 0 saturated carbocycles. The molecule has 0 aromatic heterocycles. The van der Waals surface area contributed by atoms with Crippen LogP contribution in [0.2, 0.25) is 5.02 Å². The van der Waals surface area contributed by atoms with Gasteiger partial charge in [-0.3, -0.25) is 9.59 Å². The fraction of sp³-hybridized carbons (Fsp3) is 0.200. The summed E-state index contributed by atoms with van der Waals surface area (Å²) in [7, 11) is 0. The van der Waals surface area contributed by atoms with Crippen LogP contribution in [-0.2, 0) is 9.59 Å². The zero-order valence-electron chi connectivity index (χ0n) is 8.04. The van der Waals surface area contributed by atoms with Gasteiger partial charge in [0.2, 0.25) is 11.8 Å². The predicted molar refractivity (Wildman–Crippen MR) is 63.4 cm³/mol. The number of alkyl halides is 1. The summed E-state index contributed by atoms with van der Waals surface area (Å²) in [6, 6.07) is 6.72. The summed E-state index contributed by atoms with van der Waals surface area (Å²) >= 11 is 8.92. The molecule has 0 aliphatic rings. The highest BCUT2D eigenvalue weighted by Crippen LogP contribution is 2.25. The number of nitrogens with zero attached hydrogens (tertiary/aromatic N) is 1. The zero-order valence-corrected chi connectivity index (χ0v) is 10.4. The molecule has 15 heavy (non-hydrogen) atoms. The van der Waals surface area contributed by atoms with Gasteiger partial charge < -0.3 is 0 Å². The van der Waals surface area contributed by atoms with E-state index in [0.29, 0.717) is 10.7 Å². The van der Waals surface area contributed by atoms with Gasteiger partial charge in [0.05, 0.1) is 16.0 Å². The first-order chi connectivity index (χ1) is 7.07. The van der Waals surface area contributed by atoms with Gasteiger partial charge in [0.1, 0.15) is 0 Å². The van der Waals surface area contributed by atoms with E-state index < -0.39 is 0 Å². The number of carbonyl (C=O) groups excluding carboxylic acids is 2. The molecule has 5 heteroatoms. The Hall–Kier alpha value is -0.870. The first-order valence-electron chi connectivity index (χ1n) is 4.22. The van der Waals surface area contributed by atoms with Gasteiger partial charge in [-0.2, -0.15) is 0 Å². The van der Waals surface area contributed by atoms with Gasteiger partial charge in [-0.15, -0.1) is 0 Å². The van der Waals surface area contributed by atoms with E-state index >= 15 is 0 Å². The van der Waals surface area contributed by atoms with Crippen molar-refractivity contribution in [3.63, 3.8) is 0 Å². The number of carbonyl (C=O) groups is 2. The molecule has 0 saturated heterocycles. The smallest absolute Gasteiger partial charge is 0.244 e. The van der Waals surface area contributed by atoms with E-state index in [-0.39, 0.29) is 17.1 Å². The number of para-hydroxylation sites is 1. The van der Waals surface area contributed by atoms with Crippen molar-refractivity contribution in [2.75, 3.05) is 10.2 Å². The SMILES string of the molecule is CC(=O)N(C(=O)CBr)c1ccccc1Cl. The van der Waals surface area contributed by atoms with Crippen LogP contribution in [0.1, 0.15) is 6.92 Å². The van der Waals surface area contributed by atoms with Gasteiger partial charge in [0.25, 0.3) is 0 Å². The molecule has 0 unspecified atom stereocenters. The summed E-state index contributed by atoms with van der Waals surface area (Å²) in [5.41, 5.74) is 0.413. The van der Waals surface area contributed by atoms with Crippen LogP contribution in [-0.4, -0.2) is 17.1 Å². The highest BCUT2D eigenvalue weighted by Gasteiger charge is 2.20. The Balaban J connectivity index is 3.16. The lowest BCUT2D eigenvalue weighted by atomic mass is 10.3. The maximum Gasteiger partial charge on any atom is 0.244 e. The molecule has 0 fully saturated rings. The molecule has 1 aromatic rings. The molecule has 0 aliphatic carbocycles. The topological polar surface area (TPSA) is 37.4 Å². The van der Waals surface area contributed by atoms with Crippen molar-refractivity contribution < 1.29 is 9.59 Å². The van der Waals surface area contributed by atoms with Crippen LogP contribution in [0.15, 0.2) is 24.3 Å². The van der Waals surface area contributed by atoms with Crippen LogP contribution in [0.4, 0.5) is 5.69 Å². The Bertz CT molecular complexity index is 395. The Morgan fingerprint density at radius 1 is 1.40 bits per heavy atom. The molecular weight excluding hydrogens is 281 g/mol. The number of amides is 2. The number of anilines is 1. The van der Waals surface area contributed by atoms with E-state index in [9.17, 15) is 9.59 Å². The minimum atomic E-state index is -0.354. The van der Waals surface area contributed by atoms with Gasteiger partial charge in [-0.05, 0) is 12.1 Å². The van der Waals surface area contributed by atoms with Gasteiger partial charge >= 0.3 is 0 Å². The van der Waals surface area contributed by atoms with Crippen LogP contribution in [0.5, 0.6) is 0 Å². The van der Waals surface area contributed by atoms with E-state index in [2.05, 4.69) is 15.9 Å². The van der Waals surface area contributed by atoms with Gasteiger partial charge in [0, 0.05) is 6.92 Å². The quantitative estimate of drug-likeness (QED) is 0.785. The lowest BCUT2D eigenvalue weighted by molar-refractivity contribution is -0.123. The predicted octanol–water partition coefficient (Wildman–Crippen LogP) is 2.61. The van der Waals surface area contributed by atoms with Crippen LogP contribution >= 0.6 is 27.5 Å². The standard InChI is InChI=1S/C10H9BrClNO2/c1-7(14)13(10(15)6-11)9-5-3-2-4-8(9)12/h2-5H,6H2,1H3.